The van der Waals surface area contributed by atoms with Crippen LogP contribution in [0.5, 0.6) is 5.75 Å². The molecule has 0 fully saturated rings. The quantitative estimate of drug-likeness (QED) is 0.153. The molecule has 7 nitrogen and oxygen atoms in total. The molecule has 0 radical (unpaired) electrons. The molecular formula is C28H32ClN3O4S. The van der Waals surface area contributed by atoms with E-state index in [0.717, 1.165) is 17.1 Å². The fourth-order valence-corrected chi connectivity index (χ4v) is 5.23. The summed E-state index contributed by atoms with van der Waals surface area (Å²) >= 11 is 6.10. The summed E-state index contributed by atoms with van der Waals surface area (Å²) < 4.78 is 33.6. The maximum Gasteiger partial charge on any atom is 0.264 e. The van der Waals surface area contributed by atoms with Crippen LogP contribution in [0.4, 0.5) is 5.69 Å². The van der Waals surface area contributed by atoms with Crippen LogP contribution in [0.2, 0.25) is 5.02 Å². The maximum atomic E-state index is 13.4. The number of hydrogen-bond acceptors (Lipinski definition) is 5. The molecule has 0 spiro atoms. The van der Waals surface area contributed by atoms with Gasteiger partial charge < -0.3 is 4.74 Å². The normalized spacial score (nSPS) is 11.4. The molecule has 1 amide bonds. The number of nitrogens with one attached hydrogen (secondary N) is 1. The van der Waals surface area contributed by atoms with Gasteiger partial charge in [-0.15, -0.1) is 0 Å². The average Bonchev–Trinajstić information content (AvgIpc) is 2.90. The van der Waals surface area contributed by atoms with Gasteiger partial charge in [-0.1, -0.05) is 80.6 Å². The SMILES string of the molecule is CCCCCCCOc1ccccc1C=NNC(=O)CN(c1cccc(Cl)c1)S(=O)(=O)c1ccccc1. The van der Waals surface area contributed by atoms with Crippen LogP contribution in [0.25, 0.3) is 0 Å². The zero-order chi connectivity index (χ0) is 26.5. The highest BCUT2D eigenvalue weighted by atomic mass is 35.5. The third-order valence-corrected chi connectivity index (χ3v) is 7.56. The molecule has 3 aromatic carbocycles. The fourth-order valence-electron chi connectivity index (χ4n) is 3.61. The maximum absolute atomic E-state index is 13.4. The molecule has 0 saturated carbocycles. The zero-order valence-corrected chi connectivity index (χ0v) is 22.4. The van der Waals surface area contributed by atoms with Gasteiger partial charge in [0.1, 0.15) is 12.3 Å². The second-order valence-corrected chi connectivity index (χ2v) is 10.7. The summed E-state index contributed by atoms with van der Waals surface area (Å²) in [5.41, 5.74) is 3.40. The Hall–Kier alpha value is -3.36. The summed E-state index contributed by atoms with van der Waals surface area (Å²) in [5.74, 6) is 0.0632. The van der Waals surface area contributed by atoms with Crippen LogP contribution in [0.3, 0.4) is 0 Å². The average molecular weight is 542 g/mol. The molecule has 0 bridgehead atoms. The molecule has 3 aromatic rings. The molecule has 0 aliphatic carbocycles. The minimum Gasteiger partial charge on any atom is -0.493 e. The summed E-state index contributed by atoms with van der Waals surface area (Å²) in [7, 11) is -4.03. The van der Waals surface area contributed by atoms with Crippen LogP contribution in [0.15, 0.2) is 88.9 Å². The van der Waals surface area contributed by atoms with E-state index in [1.54, 1.807) is 36.4 Å². The second kappa shape index (κ2) is 14.4. The first kappa shape index (κ1) is 28.2. The molecule has 0 saturated heterocycles. The number of rotatable bonds is 14. The molecule has 196 valence electrons. The van der Waals surface area contributed by atoms with Crippen LogP contribution < -0.4 is 14.5 Å². The first-order chi connectivity index (χ1) is 17.9. The van der Waals surface area contributed by atoms with Gasteiger partial charge in [0.15, 0.2) is 0 Å². The number of carbonyl (C=O) groups excluding carboxylic acids is 1. The van der Waals surface area contributed by atoms with E-state index in [4.69, 9.17) is 16.3 Å². The van der Waals surface area contributed by atoms with Gasteiger partial charge in [0, 0.05) is 10.6 Å². The summed E-state index contributed by atoms with van der Waals surface area (Å²) in [4.78, 5) is 12.8. The van der Waals surface area contributed by atoms with E-state index >= 15 is 0 Å². The Kier molecular flexibility index (Phi) is 11.0. The van der Waals surface area contributed by atoms with E-state index < -0.39 is 22.5 Å². The lowest BCUT2D eigenvalue weighted by Gasteiger charge is -2.23. The Morgan fingerprint density at radius 3 is 2.46 bits per heavy atom. The predicted molar refractivity (Wildman–Crippen MR) is 149 cm³/mol. The number of amides is 1. The molecule has 0 heterocycles. The number of unbranched alkanes of at least 4 members (excludes halogenated alkanes) is 4. The van der Waals surface area contributed by atoms with Crippen LogP contribution in [-0.2, 0) is 14.8 Å². The molecule has 3 rings (SSSR count). The molecule has 0 atom stereocenters. The number of halogens is 1. The topological polar surface area (TPSA) is 88.1 Å². The van der Waals surface area contributed by atoms with Gasteiger partial charge in [-0.05, 0) is 48.9 Å². The van der Waals surface area contributed by atoms with Crippen molar-refractivity contribution < 1.29 is 17.9 Å². The molecular weight excluding hydrogens is 510 g/mol. The summed E-state index contributed by atoms with van der Waals surface area (Å²) in [5, 5.41) is 4.39. The van der Waals surface area contributed by atoms with Gasteiger partial charge >= 0.3 is 0 Å². The van der Waals surface area contributed by atoms with E-state index in [1.807, 2.05) is 24.3 Å². The lowest BCUT2D eigenvalue weighted by molar-refractivity contribution is -0.119. The number of nitrogens with zero attached hydrogens (tertiary/aromatic N) is 2. The second-order valence-electron chi connectivity index (χ2n) is 8.40. The van der Waals surface area contributed by atoms with Gasteiger partial charge in [-0.3, -0.25) is 9.10 Å². The highest BCUT2D eigenvalue weighted by molar-refractivity contribution is 7.92. The Morgan fingerprint density at radius 1 is 0.973 bits per heavy atom. The van der Waals surface area contributed by atoms with Gasteiger partial charge in [0.2, 0.25) is 0 Å². The first-order valence-electron chi connectivity index (χ1n) is 12.3. The van der Waals surface area contributed by atoms with Gasteiger partial charge in [-0.2, -0.15) is 5.10 Å². The highest BCUT2D eigenvalue weighted by Crippen LogP contribution is 2.26. The van der Waals surface area contributed by atoms with E-state index in [9.17, 15) is 13.2 Å². The number of sulfonamides is 1. The zero-order valence-electron chi connectivity index (χ0n) is 20.8. The van der Waals surface area contributed by atoms with Crippen molar-refractivity contribution in [3.05, 3.63) is 89.4 Å². The molecule has 1 N–H and O–H groups in total. The highest BCUT2D eigenvalue weighted by Gasteiger charge is 2.27. The number of hydrogen-bond donors (Lipinski definition) is 1. The fraction of sp³-hybridized carbons (Fsp3) is 0.286. The predicted octanol–water partition coefficient (Wildman–Crippen LogP) is 6.03. The van der Waals surface area contributed by atoms with E-state index in [-0.39, 0.29) is 10.6 Å². The van der Waals surface area contributed by atoms with Crippen LogP contribution in [-0.4, -0.2) is 33.7 Å². The molecule has 37 heavy (non-hydrogen) atoms. The van der Waals surface area contributed by atoms with Crippen molar-refractivity contribution in [3.63, 3.8) is 0 Å². The summed E-state index contributed by atoms with van der Waals surface area (Å²) in [6.07, 6.45) is 7.19. The third-order valence-electron chi connectivity index (χ3n) is 5.53. The Morgan fingerprint density at radius 2 is 1.70 bits per heavy atom. The molecule has 0 unspecified atom stereocenters. The number of anilines is 1. The van der Waals surface area contributed by atoms with Gasteiger partial charge in [-0.25, -0.2) is 13.8 Å². The van der Waals surface area contributed by atoms with Crippen LogP contribution >= 0.6 is 11.6 Å². The number of para-hydroxylation sites is 1. The van der Waals surface area contributed by atoms with E-state index in [2.05, 4.69) is 17.5 Å². The van der Waals surface area contributed by atoms with Crippen molar-refractivity contribution in [2.75, 3.05) is 17.5 Å². The molecule has 0 aromatic heterocycles. The van der Waals surface area contributed by atoms with Crippen molar-refractivity contribution >= 4 is 39.4 Å². The summed E-state index contributed by atoms with van der Waals surface area (Å²) in [6, 6.07) is 21.7. The molecule has 0 aliphatic rings. The first-order valence-corrected chi connectivity index (χ1v) is 14.1. The van der Waals surface area contributed by atoms with Crippen LogP contribution in [0.1, 0.15) is 44.6 Å². The Labute approximate surface area is 224 Å². The smallest absolute Gasteiger partial charge is 0.264 e. The molecule has 9 heteroatoms. The van der Waals surface area contributed by atoms with Gasteiger partial charge in [0.05, 0.1) is 23.4 Å². The standard InChI is InChI=1S/C28H32ClN3O4S/c1-2-3-4-5-11-19-36-27-18-10-9-13-23(27)21-30-31-28(33)22-32(25-15-12-14-24(29)20-25)37(34,35)26-16-7-6-8-17-26/h6-10,12-18,20-21H,2-5,11,19,22H2,1H3,(H,31,33). The lowest BCUT2D eigenvalue weighted by atomic mass is 10.2. The number of carbonyl (C=O) groups is 1. The number of ether oxygens (including phenoxy) is 1. The van der Waals surface area contributed by atoms with Crippen molar-refractivity contribution in [1.29, 1.82) is 0 Å². The van der Waals surface area contributed by atoms with E-state index in [1.165, 1.54) is 43.7 Å². The monoisotopic (exact) mass is 541 g/mol. The Bertz CT molecular complexity index is 1280. The van der Waals surface area contributed by atoms with Crippen LogP contribution in [0, 0.1) is 0 Å². The van der Waals surface area contributed by atoms with Gasteiger partial charge in [0.25, 0.3) is 15.9 Å². The van der Waals surface area contributed by atoms with Crippen molar-refractivity contribution in [1.82, 2.24) is 5.43 Å². The van der Waals surface area contributed by atoms with Crippen molar-refractivity contribution in [3.8, 4) is 5.75 Å². The Balaban J connectivity index is 1.68. The van der Waals surface area contributed by atoms with E-state index in [0.29, 0.717) is 22.9 Å². The largest absolute Gasteiger partial charge is 0.493 e. The van der Waals surface area contributed by atoms with Crippen molar-refractivity contribution in [2.45, 2.75) is 43.9 Å². The minimum atomic E-state index is -4.03. The minimum absolute atomic E-state index is 0.0621. The molecule has 0 aliphatic heterocycles. The number of hydrazone groups is 1. The third kappa shape index (κ3) is 8.61. The van der Waals surface area contributed by atoms with Crippen molar-refractivity contribution in [2.24, 2.45) is 5.10 Å². The lowest BCUT2D eigenvalue weighted by Crippen LogP contribution is -2.39. The number of benzene rings is 3. The summed E-state index contributed by atoms with van der Waals surface area (Å²) in [6.45, 7) is 2.31.